The maximum absolute atomic E-state index is 12.5. The third-order valence-corrected chi connectivity index (χ3v) is 5.70. The van der Waals surface area contributed by atoms with Crippen LogP contribution in [0.3, 0.4) is 0 Å². The molecule has 1 aromatic carbocycles. The van der Waals surface area contributed by atoms with E-state index in [4.69, 9.17) is 0 Å². The molecule has 0 radical (unpaired) electrons. The molecule has 3 aliphatic rings. The molecule has 3 amide bonds. The van der Waals surface area contributed by atoms with E-state index in [0.717, 1.165) is 44.9 Å². The van der Waals surface area contributed by atoms with Crippen LogP contribution in [0.15, 0.2) is 24.3 Å². The van der Waals surface area contributed by atoms with Gasteiger partial charge in [-0.2, -0.15) is 0 Å². The Morgan fingerprint density at radius 2 is 1.80 bits per heavy atom. The van der Waals surface area contributed by atoms with E-state index in [9.17, 15) is 9.59 Å². The number of hydrogen-bond acceptors (Lipinski definition) is 2. The van der Waals surface area contributed by atoms with Gasteiger partial charge in [0.25, 0.3) is 0 Å². The number of fused-ring (bicyclic) bond motifs is 1. The van der Waals surface area contributed by atoms with Gasteiger partial charge in [0.15, 0.2) is 0 Å². The first kappa shape index (κ1) is 16.4. The van der Waals surface area contributed by atoms with Gasteiger partial charge in [-0.25, -0.2) is 4.79 Å². The van der Waals surface area contributed by atoms with Gasteiger partial charge in [-0.05, 0) is 62.0 Å². The van der Waals surface area contributed by atoms with Crippen molar-refractivity contribution in [2.75, 3.05) is 13.1 Å². The zero-order chi connectivity index (χ0) is 17.2. The molecule has 5 nitrogen and oxygen atoms in total. The van der Waals surface area contributed by atoms with E-state index in [2.05, 4.69) is 34.9 Å². The van der Waals surface area contributed by atoms with Crippen molar-refractivity contribution in [1.29, 1.82) is 0 Å². The minimum absolute atomic E-state index is 0.0291. The zero-order valence-electron chi connectivity index (χ0n) is 14.7. The van der Waals surface area contributed by atoms with E-state index in [1.807, 2.05) is 0 Å². The van der Waals surface area contributed by atoms with Crippen molar-refractivity contribution in [2.45, 2.75) is 57.0 Å². The number of hydrogen-bond donors (Lipinski definition) is 2. The Hall–Kier alpha value is -2.04. The van der Waals surface area contributed by atoms with Crippen molar-refractivity contribution in [1.82, 2.24) is 15.5 Å². The normalized spacial score (nSPS) is 22.7. The van der Waals surface area contributed by atoms with E-state index in [-0.39, 0.29) is 18.0 Å². The van der Waals surface area contributed by atoms with Gasteiger partial charge >= 0.3 is 6.03 Å². The first-order valence-corrected chi connectivity index (χ1v) is 9.62. The molecule has 1 saturated carbocycles. The van der Waals surface area contributed by atoms with Crippen LogP contribution in [-0.2, 0) is 17.6 Å². The van der Waals surface area contributed by atoms with Crippen LogP contribution >= 0.6 is 0 Å². The van der Waals surface area contributed by atoms with Crippen LogP contribution in [0.4, 0.5) is 4.79 Å². The number of likely N-dealkylation sites (tertiary alicyclic amines) is 1. The summed E-state index contributed by atoms with van der Waals surface area (Å²) in [5, 5.41) is 6.07. The topological polar surface area (TPSA) is 61.4 Å². The molecule has 0 bridgehead atoms. The molecule has 4 rings (SSSR count). The van der Waals surface area contributed by atoms with Crippen LogP contribution in [0.25, 0.3) is 0 Å². The molecule has 0 spiro atoms. The SMILES string of the molecule is O=C(NC1CC1)C1CCCN1C(=O)NCCC1Cc2ccccc2C1. The average Bonchev–Trinajstić information content (AvgIpc) is 3.13. The minimum Gasteiger partial charge on any atom is -0.352 e. The second-order valence-electron chi connectivity index (χ2n) is 7.70. The lowest BCUT2D eigenvalue weighted by Crippen LogP contribution is -2.50. The summed E-state index contributed by atoms with van der Waals surface area (Å²) in [6.45, 7) is 1.37. The molecule has 2 fully saturated rings. The average molecular weight is 341 g/mol. The highest BCUT2D eigenvalue weighted by Crippen LogP contribution is 2.28. The maximum Gasteiger partial charge on any atom is 0.318 e. The minimum atomic E-state index is -0.281. The highest BCUT2D eigenvalue weighted by molar-refractivity contribution is 5.88. The van der Waals surface area contributed by atoms with Crippen molar-refractivity contribution in [3.8, 4) is 0 Å². The summed E-state index contributed by atoms with van der Waals surface area (Å²) in [6.07, 6.45) is 7.07. The number of rotatable bonds is 5. The number of carbonyl (C=O) groups is 2. The summed E-state index contributed by atoms with van der Waals surface area (Å²) in [5.74, 6) is 0.645. The number of nitrogens with one attached hydrogen (secondary N) is 2. The molecule has 25 heavy (non-hydrogen) atoms. The zero-order valence-corrected chi connectivity index (χ0v) is 14.7. The lowest BCUT2D eigenvalue weighted by molar-refractivity contribution is -0.124. The van der Waals surface area contributed by atoms with Crippen LogP contribution in [0.1, 0.15) is 43.2 Å². The van der Waals surface area contributed by atoms with Crippen LogP contribution in [-0.4, -0.2) is 42.0 Å². The van der Waals surface area contributed by atoms with Gasteiger partial charge in [-0.15, -0.1) is 0 Å². The molecular formula is C20H27N3O2. The second kappa shape index (κ2) is 7.06. The van der Waals surface area contributed by atoms with Gasteiger partial charge < -0.3 is 15.5 Å². The quantitative estimate of drug-likeness (QED) is 0.863. The number of amides is 3. The fourth-order valence-corrected chi connectivity index (χ4v) is 4.15. The van der Waals surface area contributed by atoms with E-state index in [1.165, 1.54) is 11.1 Å². The van der Waals surface area contributed by atoms with Crippen molar-refractivity contribution in [2.24, 2.45) is 5.92 Å². The van der Waals surface area contributed by atoms with Gasteiger partial charge in [0.05, 0.1) is 0 Å². The highest BCUT2D eigenvalue weighted by atomic mass is 16.2. The Balaban J connectivity index is 1.23. The van der Waals surface area contributed by atoms with Crippen molar-refractivity contribution in [3.63, 3.8) is 0 Å². The van der Waals surface area contributed by atoms with Gasteiger partial charge in [-0.1, -0.05) is 24.3 Å². The Morgan fingerprint density at radius 1 is 1.08 bits per heavy atom. The Kier molecular flexibility index (Phi) is 4.64. The summed E-state index contributed by atoms with van der Waals surface area (Å²) in [4.78, 5) is 26.5. The molecule has 5 heteroatoms. The van der Waals surface area contributed by atoms with E-state index < -0.39 is 0 Å². The van der Waals surface area contributed by atoms with Gasteiger partial charge in [0.1, 0.15) is 6.04 Å². The Morgan fingerprint density at radius 3 is 2.48 bits per heavy atom. The summed E-state index contributed by atoms with van der Waals surface area (Å²) in [7, 11) is 0. The largest absolute Gasteiger partial charge is 0.352 e. The fourth-order valence-electron chi connectivity index (χ4n) is 4.15. The van der Waals surface area contributed by atoms with Gasteiger partial charge in [0.2, 0.25) is 5.91 Å². The van der Waals surface area contributed by atoms with Crippen molar-refractivity contribution >= 4 is 11.9 Å². The monoisotopic (exact) mass is 341 g/mol. The molecule has 2 aliphatic carbocycles. The predicted octanol–water partition coefficient (Wildman–Crippen LogP) is 2.24. The lowest BCUT2D eigenvalue weighted by atomic mass is 10.0. The van der Waals surface area contributed by atoms with Crippen molar-refractivity contribution in [3.05, 3.63) is 35.4 Å². The molecule has 0 aromatic heterocycles. The third-order valence-electron chi connectivity index (χ3n) is 5.70. The summed E-state index contributed by atoms with van der Waals surface area (Å²) >= 11 is 0. The molecule has 134 valence electrons. The van der Waals surface area contributed by atoms with Crippen LogP contribution in [0, 0.1) is 5.92 Å². The summed E-state index contributed by atoms with van der Waals surface area (Å²) in [6, 6.07) is 8.61. The first-order valence-electron chi connectivity index (χ1n) is 9.62. The Labute approximate surface area is 149 Å². The molecule has 1 aromatic rings. The molecule has 1 unspecified atom stereocenters. The lowest BCUT2D eigenvalue weighted by Gasteiger charge is -2.24. The van der Waals surface area contributed by atoms with Crippen LogP contribution < -0.4 is 10.6 Å². The molecule has 2 N–H and O–H groups in total. The molecule has 1 heterocycles. The second-order valence-corrected chi connectivity index (χ2v) is 7.70. The van der Waals surface area contributed by atoms with Crippen LogP contribution in [0.2, 0.25) is 0 Å². The van der Waals surface area contributed by atoms with Crippen molar-refractivity contribution < 1.29 is 9.59 Å². The molecule has 1 saturated heterocycles. The van der Waals surface area contributed by atoms with E-state index >= 15 is 0 Å². The highest BCUT2D eigenvalue weighted by Gasteiger charge is 2.36. The summed E-state index contributed by atoms with van der Waals surface area (Å²) < 4.78 is 0. The van der Waals surface area contributed by atoms with Crippen LogP contribution in [0.5, 0.6) is 0 Å². The van der Waals surface area contributed by atoms with Gasteiger partial charge in [0, 0.05) is 19.1 Å². The number of benzene rings is 1. The fraction of sp³-hybridized carbons (Fsp3) is 0.600. The third kappa shape index (κ3) is 3.80. The van der Waals surface area contributed by atoms with E-state index in [0.29, 0.717) is 25.0 Å². The number of carbonyl (C=O) groups excluding carboxylic acids is 2. The Bertz CT molecular complexity index is 631. The number of urea groups is 1. The summed E-state index contributed by atoms with van der Waals surface area (Å²) in [5.41, 5.74) is 2.91. The predicted molar refractivity (Wildman–Crippen MR) is 96.2 cm³/mol. The molecule has 1 atom stereocenters. The smallest absolute Gasteiger partial charge is 0.318 e. The van der Waals surface area contributed by atoms with E-state index in [1.54, 1.807) is 4.90 Å². The first-order chi connectivity index (χ1) is 12.2. The molecular weight excluding hydrogens is 314 g/mol. The standard InChI is InChI=1S/C20H27N3O2/c24-19(22-17-7-8-17)18-6-3-11-23(18)20(25)21-10-9-14-12-15-4-1-2-5-16(15)13-14/h1-2,4-5,14,17-18H,3,6-13H2,(H,21,25)(H,22,24). The number of nitrogens with zero attached hydrogens (tertiary/aromatic N) is 1. The van der Waals surface area contributed by atoms with Gasteiger partial charge in [-0.3, -0.25) is 4.79 Å². The molecule has 1 aliphatic heterocycles. The maximum atomic E-state index is 12.5.